The van der Waals surface area contributed by atoms with Gasteiger partial charge < -0.3 is 10.6 Å². The van der Waals surface area contributed by atoms with Crippen LogP contribution in [-0.4, -0.2) is 24.9 Å². The smallest absolute Gasteiger partial charge is 0.344 e. The van der Waals surface area contributed by atoms with Crippen LogP contribution in [0.15, 0.2) is 48.5 Å². The lowest BCUT2D eigenvalue weighted by Crippen LogP contribution is -2.37. The molecular formula is C19H14F4N2O2. The van der Waals surface area contributed by atoms with Crippen molar-refractivity contribution in [3.8, 4) is 11.8 Å². The van der Waals surface area contributed by atoms with Crippen molar-refractivity contribution in [2.75, 3.05) is 13.1 Å². The molecule has 140 valence electrons. The second-order valence-corrected chi connectivity index (χ2v) is 5.32. The normalized spacial score (nSPS) is 10.5. The van der Waals surface area contributed by atoms with Gasteiger partial charge in [-0.15, -0.1) is 0 Å². The lowest BCUT2D eigenvalue weighted by atomic mass is 10.1. The maximum absolute atomic E-state index is 13.4. The quantitative estimate of drug-likeness (QED) is 0.635. The molecular weight excluding hydrogens is 364 g/mol. The Balaban J connectivity index is 1.81. The lowest BCUT2D eigenvalue weighted by Gasteiger charge is -2.06. The van der Waals surface area contributed by atoms with Crippen LogP contribution in [0.2, 0.25) is 0 Å². The average molecular weight is 378 g/mol. The Morgan fingerprint density at radius 1 is 1.00 bits per heavy atom. The minimum absolute atomic E-state index is 0.120. The number of nitrogens with one attached hydrogen (secondary N) is 2. The van der Waals surface area contributed by atoms with Crippen LogP contribution in [0.25, 0.3) is 0 Å². The van der Waals surface area contributed by atoms with E-state index >= 15 is 0 Å². The van der Waals surface area contributed by atoms with Crippen LogP contribution in [0.3, 0.4) is 0 Å². The van der Waals surface area contributed by atoms with Crippen molar-refractivity contribution >= 4 is 11.8 Å². The van der Waals surface area contributed by atoms with Gasteiger partial charge in [0.1, 0.15) is 5.82 Å². The van der Waals surface area contributed by atoms with Gasteiger partial charge in [-0.3, -0.25) is 9.59 Å². The maximum atomic E-state index is 13.4. The fourth-order valence-electron chi connectivity index (χ4n) is 2.03. The maximum Gasteiger partial charge on any atom is 0.416 e. The second kappa shape index (κ2) is 8.85. The molecule has 2 N–H and O–H groups in total. The number of amides is 2. The Labute approximate surface area is 152 Å². The molecule has 0 unspecified atom stereocenters. The second-order valence-electron chi connectivity index (χ2n) is 5.32. The van der Waals surface area contributed by atoms with Gasteiger partial charge in [-0.05, 0) is 30.3 Å². The van der Waals surface area contributed by atoms with Crippen LogP contribution >= 0.6 is 0 Å². The molecule has 0 fully saturated rings. The molecule has 0 spiro atoms. The number of hydrogen-bond acceptors (Lipinski definition) is 2. The summed E-state index contributed by atoms with van der Waals surface area (Å²) < 4.78 is 51.2. The van der Waals surface area contributed by atoms with Crippen molar-refractivity contribution in [1.82, 2.24) is 10.6 Å². The Morgan fingerprint density at radius 3 is 2.44 bits per heavy atom. The Morgan fingerprint density at radius 2 is 1.74 bits per heavy atom. The molecule has 0 saturated carbocycles. The van der Waals surface area contributed by atoms with E-state index in [1.807, 2.05) is 0 Å². The van der Waals surface area contributed by atoms with E-state index in [4.69, 9.17) is 0 Å². The van der Waals surface area contributed by atoms with Gasteiger partial charge in [-0.25, -0.2) is 4.39 Å². The van der Waals surface area contributed by atoms with E-state index in [1.165, 1.54) is 30.3 Å². The van der Waals surface area contributed by atoms with Gasteiger partial charge in [0.05, 0.1) is 24.2 Å². The average Bonchev–Trinajstić information content (AvgIpc) is 2.63. The zero-order chi connectivity index (χ0) is 19.9. The predicted octanol–water partition coefficient (Wildman–Crippen LogP) is 2.74. The van der Waals surface area contributed by atoms with Crippen LogP contribution in [0.4, 0.5) is 17.6 Å². The van der Waals surface area contributed by atoms with Crippen LogP contribution in [0.1, 0.15) is 21.5 Å². The third-order valence-corrected chi connectivity index (χ3v) is 3.32. The Bertz CT molecular complexity index is 898. The third kappa shape index (κ3) is 6.15. The molecule has 0 atom stereocenters. The van der Waals surface area contributed by atoms with Gasteiger partial charge >= 0.3 is 6.18 Å². The molecule has 2 aromatic rings. The molecule has 0 saturated heterocycles. The Hall–Kier alpha value is -3.34. The van der Waals surface area contributed by atoms with Crippen LogP contribution in [-0.2, 0) is 11.0 Å². The number of benzene rings is 2. The summed E-state index contributed by atoms with van der Waals surface area (Å²) in [4.78, 5) is 23.4. The molecule has 0 aliphatic carbocycles. The van der Waals surface area contributed by atoms with Gasteiger partial charge in [0.25, 0.3) is 5.91 Å². The summed E-state index contributed by atoms with van der Waals surface area (Å²) in [5, 5.41) is 4.63. The Kier molecular flexibility index (Phi) is 6.55. The molecule has 0 aliphatic rings. The van der Waals surface area contributed by atoms with Gasteiger partial charge in [0.15, 0.2) is 0 Å². The highest BCUT2D eigenvalue weighted by Crippen LogP contribution is 2.29. The van der Waals surface area contributed by atoms with E-state index in [0.29, 0.717) is 0 Å². The predicted molar refractivity (Wildman–Crippen MR) is 90.1 cm³/mol. The van der Waals surface area contributed by atoms with Crippen molar-refractivity contribution in [1.29, 1.82) is 0 Å². The van der Waals surface area contributed by atoms with E-state index in [-0.39, 0.29) is 17.7 Å². The number of rotatable bonds is 4. The van der Waals surface area contributed by atoms with E-state index in [2.05, 4.69) is 22.5 Å². The fourth-order valence-corrected chi connectivity index (χ4v) is 2.03. The highest BCUT2D eigenvalue weighted by Gasteiger charge is 2.30. The van der Waals surface area contributed by atoms with Gasteiger partial charge in [-0.1, -0.05) is 30.0 Å². The zero-order valence-corrected chi connectivity index (χ0v) is 13.9. The SMILES string of the molecule is O=C(CNC(=O)c1ccccc1F)NCC#Cc1cccc(C(F)(F)F)c1. The zero-order valence-electron chi connectivity index (χ0n) is 13.9. The van der Waals surface area contributed by atoms with Crippen molar-refractivity contribution in [2.45, 2.75) is 6.18 Å². The fraction of sp³-hybridized carbons (Fsp3) is 0.158. The van der Waals surface area contributed by atoms with Crippen molar-refractivity contribution in [3.63, 3.8) is 0 Å². The largest absolute Gasteiger partial charge is 0.416 e. The van der Waals surface area contributed by atoms with E-state index in [0.717, 1.165) is 18.2 Å². The molecule has 0 aromatic heterocycles. The van der Waals surface area contributed by atoms with Gasteiger partial charge in [0.2, 0.25) is 5.91 Å². The summed E-state index contributed by atoms with van der Waals surface area (Å²) in [6.45, 7) is -0.511. The monoisotopic (exact) mass is 378 g/mol. The summed E-state index contributed by atoms with van der Waals surface area (Å²) in [5.41, 5.74) is -0.837. The molecule has 0 aliphatic heterocycles. The minimum Gasteiger partial charge on any atom is -0.344 e. The lowest BCUT2D eigenvalue weighted by molar-refractivity contribution is -0.137. The highest BCUT2D eigenvalue weighted by atomic mass is 19.4. The summed E-state index contributed by atoms with van der Waals surface area (Å²) in [6.07, 6.45) is -4.46. The number of alkyl halides is 3. The van der Waals surface area contributed by atoms with Crippen LogP contribution in [0, 0.1) is 17.7 Å². The molecule has 4 nitrogen and oxygen atoms in total. The van der Waals surface area contributed by atoms with Crippen LogP contribution in [0.5, 0.6) is 0 Å². The van der Waals surface area contributed by atoms with Crippen LogP contribution < -0.4 is 10.6 Å². The van der Waals surface area contributed by atoms with Crippen molar-refractivity contribution in [2.24, 2.45) is 0 Å². The first-order valence-corrected chi connectivity index (χ1v) is 7.73. The summed E-state index contributed by atoms with van der Waals surface area (Å²) in [5.74, 6) is 3.01. The molecule has 2 amide bonds. The highest BCUT2D eigenvalue weighted by molar-refractivity contribution is 5.96. The van der Waals surface area contributed by atoms with E-state index in [9.17, 15) is 27.2 Å². The summed E-state index contributed by atoms with van der Waals surface area (Å²) >= 11 is 0. The summed E-state index contributed by atoms with van der Waals surface area (Å²) in [6, 6.07) is 9.82. The third-order valence-electron chi connectivity index (χ3n) is 3.32. The summed E-state index contributed by atoms with van der Waals surface area (Å²) in [7, 11) is 0. The molecule has 0 heterocycles. The van der Waals surface area contributed by atoms with E-state index in [1.54, 1.807) is 0 Å². The van der Waals surface area contributed by atoms with Crippen molar-refractivity contribution in [3.05, 3.63) is 71.0 Å². The first-order chi connectivity index (χ1) is 12.8. The molecule has 2 rings (SSSR count). The van der Waals surface area contributed by atoms with Gasteiger partial charge in [-0.2, -0.15) is 13.2 Å². The molecule has 2 aromatic carbocycles. The number of carbonyl (C=O) groups is 2. The number of carbonyl (C=O) groups excluding carboxylic acids is 2. The van der Waals surface area contributed by atoms with E-state index < -0.39 is 35.9 Å². The molecule has 8 heteroatoms. The first kappa shape index (κ1) is 20.0. The first-order valence-electron chi connectivity index (χ1n) is 7.73. The standard InChI is InChI=1S/C19H14F4N2O2/c20-16-9-2-1-8-15(16)18(27)25-12-17(26)24-10-4-6-13-5-3-7-14(11-13)19(21,22)23/h1-3,5,7-9,11H,10,12H2,(H,24,26)(H,25,27). The number of hydrogen-bond donors (Lipinski definition) is 2. The van der Waals surface area contributed by atoms with Crippen molar-refractivity contribution < 1.29 is 27.2 Å². The molecule has 0 bridgehead atoms. The number of halogens is 4. The topological polar surface area (TPSA) is 58.2 Å². The minimum atomic E-state index is -4.46. The molecule has 0 radical (unpaired) electrons. The molecule has 27 heavy (non-hydrogen) atoms. The van der Waals surface area contributed by atoms with Gasteiger partial charge in [0, 0.05) is 5.56 Å².